The predicted octanol–water partition coefficient (Wildman–Crippen LogP) is 3.61. The molecule has 128 valence electrons. The molecule has 1 amide bonds. The Morgan fingerprint density at radius 3 is 2.68 bits per heavy atom. The first-order valence-electron chi connectivity index (χ1n) is 8.23. The van der Waals surface area contributed by atoms with Gasteiger partial charge in [-0.25, -0.2) is 15.0 Å². The van der Waals surface area contributed by atoms with Crippen molar-refractivity contribution >= 4 is 17.2 Å². The zero-order valence-corrected chi connectivity index (χ0v) is 14.9. The predicted molar refractivity (Wildman–Crippen MR) is 94.2 cm³/mol. The fourth-order valence-electron chi connectivity index (χ4n) is 2.72. The third kappa shape index (κ3) is 3.32. The first-order valence-corrected chi connectivity index (χ1v) is 9.04. The average molecular weight is 354 g/mol. The van der Waals surface area contributed by atoms with Crippen LogP contribution in [0.1, 0.15) is 39.7 Å². The summed E-state index contributed by atoms with van der Waals surface area (Å²) in [7, 11) is 0. The van der Waals surface area contributed by atoms with Gasteiger partial charge in [0.1, 0.15) is 16.4 Å². The lowest BCUT2D eigenvalue weighted by atomic mass is 10.3. The van der Waals surface area contributed by atoms with Crippen LogP contribution in [0.2, 0.25) is 0 Å². The highest BCUT2D eigenvalue weighted by molar-refractivity contribution is 7.17. The number of amides is 1. The lowest BCUT2D eigenvalue weighted by molar-refractivity contribution is 0.0721. The van der Waals surface area contributed by atoms with Gasteiger partial charge in [0.25, 0.3) is 5.91 Å². The molecule has 0 atom stereocenters. The fraction of sp³-hybridized carbons (Fsp3) is 0.333. The molecule has 0 aromatic carbocycles. The molecule has 1 fully saturated rings. The van der Waals surface area contributed by atoms with Crippen LogP contribution in [0.25, 0.3) is 10.8 Å². The topological polar surface area (TPSA) is 72.1 Å². The van der Waals surface area contributed by atoms with Gasteiger partial charge in [0.15, 0.2) is 10.8 Å². The lowest BCUT2D eigenvalue weighted by Gasteiger charge is -2.20. The number of aromatic nitrogens is 3. The maximum atomic E-state index is 13.1. The van der Waals surface area contributed by atoms with Gasteiger partial charge in [0.05, 0.1) is 12.2 Å². The molecular formula is C18H18N4O2S. The van der Waals surface area contributed by atoms with Crippen molar-refractivity contribution in [3.63, 3.8) is 0 Å². The Bertz CT molecular complexity index is 899. The molecular weight excluding hydrogens is 336 g/mol. The van der Waals surface area contributed by atoms with Gasteiger partial charge in [-0.15, -0.1) is 11.3 Å². The van der Waals surface area contributed by atoms with Crippen molar-refractivity contribution in [1.29, 1.82) is 0 Å². The number of hydrogen-bond acceptors (Lipinski definition) is 6. The number of rotatable bonds is 5. The van der Waals surface area contributed by atoms with Crippen LogP contribution in [0.15, 0.2) is 35.0 Å². The summed E-state index contributed by atoms with van der Waals surface area (Å²) in [6.07, 6.45) is 5.43. The number of nitrogens with zero attached hydrogens (tertiary/aromatic N) is 4. The second-order valence-corrected chi connectivity index (χ2v) is 7.18. The van der Waals surface area contributed by atoms with E-state index >= 15 is 0 Å². The lowest BCUT2D eigenvalue weighted by Crippen LogP contribution is -2.32. The van der Waals surface area contributed by atoms with E-state index in [1.807, 2.05) is 30.9 Å². The Labute approximate surface area is 149 Å². The van der Waals surface area contributed by atoms with Crippen LogP contribution < -0.4 is 0 Å². The van der Waals surface area contributed by atoms with Crippen molar-refractivity contribution in [2.24, 2.45) is 0 Å². The van der Waals surface area contributed by atoms with E-state index < -0.39 is 0 Å². The van der Waals surface area contributed by atoms with Gasteiger partial charge in [-0.1, -0.05) is 0 Å². The summed E-state index contributed by atoms with van der Waals surface area (Å²) in [5.41, 5.74) is 0.721. The van der Waals surface area contributed by atoms with Crippen LogP contribution in [0, 0.1) is 13.8 Å². The molecule has 6 nitrogen and oxygen atoms in total. The van der Waals surface area contributed by atoms with Gasteiger partial charge in [-0.05, 0) is 44.9 Å². The summed E-state index contributed by atoms with van der Waals surface area (Å²) in [6.45, 7) is 4.26. The molecule has 0 aliphatic heterocycles. The molecule has 3 aromatic heterocycles. The highest BCUT2D eigenvalue weighted by atomic mass is 32.1. The van der Waals surface area contributed by atoms with E-state index in [1.165, 1.54) is 11.3 Å². The second-order valence-electron chi connectivity index (χ2n) is 6.18. The van der Waals surface area contributed by atoms with E-state index in [-0.39, 0.29) is 11.9 Å². The molecule has 3 aromatic rings. The van der Waals surface area contributed by atoms with E-state index in [4.69, 9.17) is 4.42 Å². The molecule has 0 radical (unpaired) electrons. The molecule has 7 heteroatoms. The molecule has 0 spiro atoms. The summed E-state index contributed by atoms with van der Waals surface area (Å²) in [5.74, 6) is 2.23. The van der Waals surface area contributed by atoms with Crippen LogP contribution >= 0.6 is 11.3 Å². The highest BCUT2D eigenvalue weighted by Gasteiger charge is 2.35. The maximum absolute atomic E-state index is 13.1. The smallest absolute Gasteiger partial charge is 0.266 e. The molecule has 1 saturated carbocycles. The zero-order valence-electron chi connectivity index (χ0n) is 14.1. The van der Waals surface area contributed by atoms with Crippen LogP contribution in [-0.4, -0.2) is 31.8 Å². The molecule has 25 heavy (non-hydrogen) atoms. The van der Waals surface area contributed by atoms with Crippen molar-refractivity contribution in [1.82, 2.24) is 19.9 Å². The molecule has 0 N–H and O–H groups in total. The summed E-state index contributed by atoms with van der Waals surface area (Å²) in [4.78, 5) is 28.6. The summed E-state index contributed by atoms with van der Waals surface area (Å²) >= 11 is 1.35. The quantitative estimate of drug-likeness (QED) is 0.700. The van der Waals surface area contributed by atoms with Gasteiger partial charge in [-0.3, -0.25) is 4.79 Å². The summed E-state index contributed by atoms with van der Waals surface area (Å²) in [5, 5.41) is 0.672. The SMILES string of the molecule is Cc1ccc(CN(C(=O)c2sc(-c3ncccn3)nc2C)C2CC2)o1. The van der Waals surface area contributed by atoms with Crippen LogP contribution in [0.5, 0.6) is 0 Å². The average Bonchev–Trinajstić information content (AvgIpc) is 3.26. The number of carbonyl (C=O) groups excluding carboxylic acids is 1. The van der Waals surface area contributed by atoms with Gasteiger partial charge in [0, 0.05) is 18.4 Å². The largest absolute Gasteiger partial charge is 0.464 e. The maximum Gasteiger partial charge on any atom is 0.266 e. The second kappa shape index (κ2) is 6.40. The third-order valence-electron chi connectivity index (χ3n) is 4.12. The van der Waals surface area contributed by atoms with E-state index in [9.17, 15) is 4.79 Å². The molecule has 0 saturated heterocycles. The van der Waals surface area contributed by atoms with Crippen molar-refractivity contribution in [3.05, 3.63) is 52.7 Å². The molecule has 1 aliphatic rings. The fourth-order valence-corrected chi connectivity index (χ4v) is 3.69. The van der Waals surface area contributed by atoms with Gasteiger partial charge in [-0.2, -0.15) is 0 Å². The Kier molecular flexibility index (Phi) is 4.09. The summed E-state index contributed by atoms with van der Waals surface area (Å²) in [6, 6.07) is 5.90. The number of thiazole rings is 1. The van der Waals surface area contributed by atoms with Gasteiger partial charge >= 0.3 is 0 Å². The van der Waals surface area contributed by atoms with Crippen LogP contribution in [0.4, 0.5) is 0 Å². The molecule has 3 heterocycles. The van der Waals surface area contributed by atoms with Crippen molar-refractivity contribution in [2.45, 2.75) is 39.3 Å². The standard InChI is InChI=1S/C18H18N4O2S/c1-11-4-7-14(24-11)10-22(13-5-6-13)18(23)15-12(2)21-17(25-15)16-19-8-3-9-20-16/h3-4,7-9,13H,5-6,10H2,1-2H3. The summed E-state index contributed by atoms with van der Waals surface area (Å²) < 4.78 is 5.66. The molecule has 0 unspecified atom stereocenters. The van der Waals surface area contributed by atoms with Crippen LogP contribution in [-0.2, 0) is 6.54 Å². The normalized spacial score (nSPS) is 13.8. The van der Waals surface area contributed by atoms with Gasteiger partial charge in [0.2, 0.25) is 0 Å². The Balaban J connectivity index is 1.61. The molecule has 0 bridgehead atoms. The van der Waals surface area contributed by atoms with Crippen molar-refractivity contribution in [3.8, 4) is 10.8 Å². The third-order valence-corrected chi connectivity index (χ3v) is 5.26. The van der Waals surface area contributed by atoms with E-state index in [0.29, 0.717) is 22.3 Å². The monoisotopic (exact) mass is 354 g/mol. The van der Waals surface area contributed by atoms with E-state index in [0.717, 1.165) is 30.1 Å². The Morgan fingerprint density at radius 2 is 2.04 bits per heavy atom. The van der Waals surface area contributed by atoms with Crippen molar-refractivity contribution in [2.75, 3.05) is 0 Å². The highest BCUT2D eigenvalue weighted by Crippen LogP contribution is 2.33. The van der Waals surface area contributed by atoms with Crippen LogP contribution in [0.3, 0.4) is 0 Å². The van der Waals surface area contributed by atoms with Crippen molar-refractivity contribution < 1.29 is 9.21 Å². The minimum absolute atomic E-state index is 0.00809. The Hall–Kier alpha value is -2.54. The number of carbonyl (C=O) groups is 1. The Morgan fingerprint density at radius 1 is 1.28 bits per heavy atom. The van der Waals surface area contributed by atoms with Gasteiger partial charge < -0.3 is 9.32 Å². The van der Waals surface area contributed by atoms with E-state index in [2.05, 4.69) is 15.0 Å². The minimum atomic E-state index is 0.00809. The zero-order chi connectivity index (χ0) is 17.4. The van der Waals surface area contributed by atoms with E-state index in [1.54, 1.807) is 18.5 Å². The first-order chi connectivity index (χ1) is 12.1. The molecule has 1 aliphatic carbocycles. The minimum Gasteiger partial charge on any atom is -0.464 e. The number of aryl methyl sites for hydroxylation is 2. The number of hydrogen-bond donors (Lipinski definition) is 0. The number of furan rings is 1. The first kappa shape index (κ1) is 16.0. The molecule has 4 rings (SSSR count).